The van der Waals surface area contributed by atoms with Crippen molar-refractivity contribution < 1.29 is 9.18 Å². The Morgan fingerprint density at radius 3 is 2.58 bits per heavy atom. The molecule has 0 saturated carbocycles. The minimum atomic E-state index is -0.285. The predicted octanol–water partition coefficient (Wildman–Crippen LogP) is 4.87. The van der Waals surface area contributed by atoms with Crippen LogP contribution in [-0.2, 0) is 0 Å². The average molecular weight is 365 g/mol. The van der Waals surface area contributed by atoms with Crippen molar-refractivity contribution >= 4 is 27.9 Å². The van der Waals surface area contributed by atoms with E-state index in [0.717, 1.165) is 16.2 Å². The van der Waals surface area contributed by atoms with Crippen LogP contribution in [0.2, 0.25) is 0 Å². The van der Waals surface area contributed by atoms with Crippen LogP contribution < -0.4 is 4.90 Å². The molecule has 26 heavy (non-hydrogen) atoms. The number of anilines is 1. The Morgan fingerprint density at radius 1 is 1.15 bits per heavy atom. The number of imidazole rings is 1. The Morgan fingerprint density at radius 2 is 1.88 bits per heavy atom. The second-order valence-electron chi connectivity index (χ2n) is 5.79. The Kier molecular flexibility index (Phi) is 4.26. The van der Waals surface area contributed by atoms with Crippen LogP contribution in [0, 0.1) is 5.82 Å². The first-order valence-electron chi connectivity index (χ1n) is 8.27. The molecule has 2 heterocycles. The molecule has 4 aromatic rings. The molecule has 2 aromatic carbocycles. The predicted molar refractivity (Wildman–Crippen MR) is 102 cm³/mol. The molecule has 0 fully saturated rings. The largest absolute Gasteiger partial charge is 0.307 e. The number of benzene rings is 2. The van der Waals surface area contributed by atoms with Crippen molar-refractivity contribution in [1.29, 1.82) is 0 Å². The van der Waals surface area contributed by atoms with Gasteiger partial charge in [-0.05, 0) is 43.3 Å². The summed E-state index contributed by atoms with van der Waals surface area (Å²) in [6.45, 7) is 2.52. The molecule has 0 N–H and O–H groups in total. The van der Waals surface area contributed by atoms with Gasteiger partial charge in [0.05, 0.1) is 5.69 Å². The number of rotatable bonds is 4. The summed E-state index contributed by atoms with van der Waals surface area (Å²) < 4.78 is 14.9. The number of halogens is 1. The summed E-state index contributed by atoms with van der Waals surface area (Å²) in [5.74, 6) is -0.361. The van der Waals surface area contributed by atoms with Gasteiger partial charge >= 0.3 is 0 Å². The lowest BCUT2D eigenvalue weighted by molar-refractivity contribution is 0.0983. The lowest BCUT2D eigenvalue weighted by Gasteiger charge is -2.20. The van der Waals surface area contributed by atoms with Gasteiger partial charge in [-0.1, -0.05) is 18.2 Å². The van der Waals surface area contributed by atoms with Gasteiger partial charge in [0.15, 0.2) is 4.96 Å². The van der Waals surface area contributed by atoms with Gasteiger partial charge in [0.1, 0.15) is 11.5 Å². The summed E-state index contributed by atoms with van der Waals surface area (Å²) in [5.41, 5.74) is 2.96. The summed E-state index contributed by atoms with van der Waals surface area (Å²) in [7, 11) is 0. The lowest BCUT2D eigenvalue weighted by atomic mass is 10.2. The highest BCUT2D eigenvalue weighted by molar-refractivity contribution is 7.15. The van der Waals surface area contributed by atoms with E-state index in [4.69, 9.17) is 0 Å². The van der Waals surface area contributed by atoms with Crippen molar-refractivity contribution in [3.63, 3.8) is 0 Å². The summed E-state index contributed by atoms with van der Waals surface area (Å²) in [6.07, 6.45) is 1.82. The molecule has 0 bridgehead atoms. The van der Waals surface area contributed by atoms with Crippen molar-refractivity contribution in [2.45, 2.75) is 6.92 Å². The molecule has 0 aliphatic carbocycles. The van der Waals surface area contributed by atoms with E-state index in [1.807, 2.05) is 48.8 Å². The number of hydrogen-bond acceptors (Lipinski definition) is 3. The molecule has 1 amide bonds. The first kappa shape index (κ1) is 16.5. The van der Waals surface area contributed by atoms with Crippen molar-refractivity contribution in [3.05, 3.63) is 77.7 Å². The fourth-order valence-electron chi connectivity index (χ4n) is 2.89. The number of para-hydroxylation sites is 1. The molecule has 4 rings (SSSR count). The number of amides is 1. The first-order valence-corrected chi connectivity index (χ1v) is 9.15. The van der Waals surface area contributed by atoms with Crippen molar-refractivity contribution in [3.8, 4) is 11.3 Å². The van der Waals surface area contributed by atoms with E-state index in [2.05, 4.69) is 4.98 Å². The summed E-state index contributed by atoms with van der Waals surface area (Å²) in [4.78, 5) is 20.1. The average Bonchev–Trinajstić information content (AvgIpc) is 3.24. The third-order valence-corrected chi connectivity index (χ3v) is 5.04. The Balaban J connectivity index is 1.72. The summed E-state index contributed by atoms with van der Waals surface area (Å²) in [6, 6.07) is 15.8. The Hall–Kier alpha value is -2.99. The van der Waals surface area contributed by atoms with Gasteiger partial charge in [0, 0.05) is 29.4 Å². The summed E-state index contributed by atoms with van der Waals surface area (Å²) >= 11 is 1.41. The Bertz CT molecular complexity index is 1050. The minimum Gasteiger partial charge on any atom is -0.307 e. The lowest BCUT2D eigenvalue weighted by Crippen LogP contribution is -2.31. The molecule has 0 aliphatic heterocycles. The van der Waals surface area contributed by atoms with Gasteiger partial charge in [-0.15, -0.1) is 11.3 Å². The van der Waals surface area contributed by atoms with E-state index < -0.39 is 0 Å². The van der Waals surface area contributed by atoms with Crippen LogP contribution in [0.25, 0.3) is 16.2 Å². The highest BCUT2D eigenvalue weighted by Crippen LogP contribution is 2.25. The number of carbonyl (C=O) groups excluding carboxylic acids is 1. The van der Waals surface area contributed by atoms with Crippen LogP contribution in [0.15, 0.2) is 66.2 Å². The number of aromatic nitrogens is 2. The molecule has 6 heteroatoms. The van der Waals surface area contributed by atoms with Gasteiger partial charge < -0.3 is 4.90 Å². The molecular weight excluding hydrogens is 349 g/mol. The van der Waals surface area contributed by atoms with Gasteiger partial charge in [0.25, 0.3) is 5.91 Å². The molecule has 0 saturated heterocycles. The zero-order chi connectivity index (χ0) is 18.1. The van der Waals surface area contributed by atoms with Crippen LogP contribution in [0.4, 0.5) is 10.1 Å². The number of nitrogens with zero attached hydrogens (tertiary/aromatic N) is 3. The van der Waals surface area contributed by atoms with E-state index >= 15 is 0 Å². The third-order valence-electron chi connectivity index (χ3n) is 4.20. The number of carbonyl (C=O) groups is 1. The maximum Gasteiger partial charge on any atom is 0.276 e. The highest BCUT2D eigenvalue weighted by Gasteiger charge is 2.21. The molecule has 0 radical (unpaired) electrons. The quantitative estimate of drug-likeness (QED) is 0.517. The maximum atomic E-state index is 13.1. The van der Waals surface area contributed by atoms with E-state index in [9.17, 15) is 9.18 Å². The van der Waals surface area contributed by atoms with Crippen LogP contribution in [-0.4, -0.2) is 21.8 Å². The molecule has 0 unspecified atom stereocenters. The van der Waals surface area contributed by atoms with Crippen molar-refractivity contribution in [2.75, 3.05) is 11.4 Å². The normalized spacial score (nSPS) is 11.0. The van der Waals surface area contributed by atoms with E-state index in [1.165, 1.54) is 23.5 Å². The smallest absolute Gasteiger partial charge is 0.276 e. The third kappa shape index (κ3) is 2.88. The molecule has 0 atom stereocenters. The van der Waals surface area contributed by atoms with E-state index in [0.29, 0.717) is 17.9 Å². The van der Waals surface area contributed by atoms with Gasteiger partial charge in [-0.2, -0.15) is 0 Å². The van der Waals surface area contributed by atoms with Gasteiger partial charge in [-0.3, -0.25) is 9.20 Å². The van der Waals surface area contributed by atoms with E-state index in [-0.39, 0.29) is 11.7 Å². The Labute approximate surface area is 154 Å². The molecule has 0 aliphatic rings. The van der Waals surface area contributed by atoms with Crippen LogP contribution in [0.1, 0.15) is 17.4 Å². The van der Waals surface area contributed by atoms with E-state index in [1.54, 1.807) is 21.4 Å². The second-order valence-corrected chi connectivity index (χ2v) is 6.63. The monoisotopic (exact) mass is 365 g/mol. The van der Waals surface area contributed by atoms with Crippen molar-refractivity contribution in [1.82, 2.24) is 9.38 Å². The topological polar surface area (TPSA) is 37.6 Å². The number of hydrogen-bond donors (Lipinski definition) is 0. The molecule has 0 spiro atoms. The fraction of sp³-hybridized carbons (Fsp3) is 0.100. The molecule has 2 aromatic heterocycles. The van der Waals surface area contributed by atoms with Crippen molar-refractivity contribution in [2.24, 2.45) is 0 Å². The zero-order valence-electron chi connectivity index (χ0n) is 14.1. The van der Waals surface area contributed by atoms with Gasteiger partial charge in [-0.25, -0.2) is 9.37 Å². The SMILES string of the molecule is CCN(C(=O)c1csc2nc(-c3ccc(F)cc3)cn12)c1ccccc1. The number of thiazole rings is 1. The molecule has 4 nitrogen and oxygen atoms in total. The second kappa shape index (κ2) is 6.72. The highest BCUT2D eigenvalue weighted by atomic mass is 32.1. The maximum absolute atomic E-state index is 13.1. The van der Waals surface area contributed by atoms with Gasteiger partial charge in [0.2, 0.25) is 0 Å². The van der Waals surface area contributed by atoms with Crippen LogP contribution in [0.5, 0.6) is 0 Å². The van der Waals surface area contributed by atoms with Crippen LogP contribution in [0.3, 0.4) is 0 Å². The first-order chi connectivity index (χ1) is 12.7. The van der Waals surface area contributed by atoms with Crippen LogP contribution >= 0.6 is 11.3 Å². The molecular formula is C20H16FN3OS. The zero-order valence-corrected chi connectivity index (χ0v) is 14.9. The molecule has 130 valence electrons. The number of fused-ring (bicyclic) bond motifs is 1. The summed E-state index contributed by atoms with van der Waals surface area (Å²) in [5, 5.41) is 1.82. The standard InChI is InChI=1S/C20H16FN3OS/c1-2-23(16-6-4-3-5-7-16)19(25)18-13-26-20-22-17(12-24(18)20)14-8-10-15(21)11-9-14/h3-13H,2H2,1H3. The minimum absolute atomic E-state index is 0.0759. The fourth-order valence-corrected chi connectivity index (χ4v) is 3.73.